The van der Waals surface area contributed by atoms with Gasteiger partial charge in [-0.05, 0) is 87.0 Å². The minimum atomic E-state index is -0.355. The van der Waals surface area contributed by atoms with Crippen LogP contribution in [0.4, 0.5) is 16.2 Å². The molecule has 2 aromatic carbocycles. The Bertz CT molecular complexity index is 1320. The van der Waals surface area contributed by atoms with E-state index in [0.29, 0.717) is 84.7 Å². The van der Waals surface area contributed by atoms with Crippen molar-refractivity contribution in [2.45, 2.75) is 38.1 Å². The predicted octanol–water partition coefficient (Wildman–Crippen LogP) is 4.40. The first-order valence-electron chi connectivity index (χ1n) is 13.4. The normalized spacial score (nSPS) is 23.1. The molecular weight excluding hydrogens is 648 g/mol. The van der Waals surface area contributed by atoms with E-state index in [0.717, 1.165) is 11.3 Å². The van der Waals surface area contributed by atoms with Crippen molar-refractivity contribution in [1.29, 1.82) is 0 Å². The van der Waals surface area contributed by atoms with Gasteiger partial charge in [0.2, 0.25) is 5.91 Å². The molecule has 3 fully saturated rings. The predicted molar refractivity (Wildman–Crippen MR) is 154 cm³/mol. The second-order valence-electron chi connectivity index (χ2n) is 10.6. The van der Waals surface area contributed by atoms with Crippen LogP contribution >= 0.6 is 31.9 Å². The number of Topliss-reactive ketones (excluding diaryl/α,β-unsaturated/α-hetero) is 1. The van der Waals surface area contributed by atoms with Crippen molar-refractivity contribution in [3.63, 3.8) is 0 Å². The number of piperidine rings is 1. The number of nitrogens with zero attached hydrogens (tertiary/aromatic N) is 2. The summed E-state index contributed by atoms with van der Waals surface area (Å²) in [6, 6.07) is 8.93. The summed E-state index contributed by atoms with van der Waals surface area (Å²) in [5.74, 6) is 0.0883. The average Bonchev–Trinajstić information content (AvgIpc) is 3.59. The van der Waals surface area contributed by atoms with Crippen molar-refractivity contribution in [2.24, 2.45) is 11.8 Å². The van der Waals surface area contributed by atoms with Gasteiger partial charge in [-0.25, -0.2) is 4.79 Å². The first kappa shape index (κ1) is 27.5. The lowest BCUT2D eigenvalue weighted by Gasteiger charge is -2.40. The molecule has 0 radical (unpaired) electrons. The minimum Gasteiger partial charge on any atom is -0.488 e. The molecule has 0 unspecified atom stereocenters. The Kier molecular flexibility index (Phi) is 7.77. The number of carbonyl (C=O) groups excluding carboxylic acids is 3. The number of amides is 3. The Morgan fingerprint density at radius 1 is 1.05 bits per heavy atom. The first-order valence-corrected chi connectivity index (χ1v) is 15.0. The van der Waals surface area contributed by atoms with E-state index in [2.05, 4.69) is 37.2 Å². The molecule has 0 spiro atoms. The number of likely N-dealkylation sites (tertiary alicyclic amines) is 1. The van der Waals surface area contributed by atoms with E-state index < -0.39 is 0 Å². The van der Waals surface area contributed by atoms with Crippen molar-refractivity contribution in [3.05, 3.63) is 50.4 Å². The van der Waals surface area contributed by atoms with Gasteiger partial charge in [-0.1, -0.05) is 0 Å². The Balaban J connectivity index is 1.02. The van der Waals surface area contributed by atoms with E-state index in [1.807, 2.05) is 28.0 Å². The fourth-order valence-corrected chi connectivity index (χ4v) is 6.83. The van der Waals surface area contributed by atoms with Crippen LogP contribution in [0.3, 0.4) is 0 Å². The van der Waals surface area contributed by atoms with Gasteiger partial charge in [-0.2, -0.15) is 0 Å². The van der Waals surface area contributed by atoms with Gasteiger partial charge in [0.25, 0.3) is 0 Å². The van der Waals surface area contributed by atoms with Gasteiger partial charge in [-0.3, -0.25) is 9.59 Å². The van der Waals surface area contributed by atoms with E-state index in [1.54, 1.807) is 12.1 Å². The van der Waals surface area contributed by atoms with Gasteiger partial charge in [-0.15, -0.1) is 0 Å². The van der Waals surface area contributed by atoms with Crippen molar-refractivity contribution < 1.29 is 28.6 Å². The van der Waals surface area contributed by atoms with Gasteiger partial charge in [0.05, 0.1) is 18.9 Å². The number of halogens is 2. The van der Waals surface area contributed by atoms with Crippen LogP contribution in [0.2, 0.25) is 0 Å². The average molecular weight is 678 g/mol. The Morgan fingerprint density at radius 2 is 1.75 bits per heavy atom. The third-order valence-electron chi connectivity index (χ3n) is 8.02. The van der Waals surface area contributed by atoms with E-state index in [4.69, 9.17) is 19.9 Å². The zero-order valence-corrected chi connectivity index (χ0v) is 24.9. The summed E-state index contributed by atoms with van der Waals surface area (Å²) < 4.78 is 18.0. The van der Waals surface area contributed by atoms with Crippen LogP contribution in [0.1, 0.15) is 35.2 Å². The lowest BCUT2D eigenvalue weighted by molar-refractivity contribution is -0.134. The second-order valence-corrected chi connectivity index (χ2v) is 12.3. The zero-order valence-electron chi connectivity index (χ0n) is 21.7. The van der Waals surface area contributed by atoms with Crippen molar-refractivity contribution in [2.75, 3.05) is 44.0 Å². The highest BCUT2D eigenvalue weighted by Gasteiger charge is 2.50. The van der Waals surface area contributed by atoms with Crippen molar-refractivity contribution >= 4 is 61.0 Å². The van der Waals surface area contributed by atoms with E-state index in [-0.39, 0.29) is 41.9 Å². The van der Waals surface area contributed by atoms with E-state index in [1.165, 1.54) is 0 Å². The molecule has 1 saturated carbocycles. The van der Waals surface area contributed by atoms with E-state index >= 15 is 0 Å². The Labute approximate surface area is 248 Å². The molecule has 3 heterocycles. The van der Waals surface area contributed by atoms with Crippen LogP contribution in [0.15, 0.2) is 39.3 Å². The van der Waals surface area contributed by atoms with Crippen LogP contribution in [0, 0.1) is 11.8 Å². The largest absolute Gasteiger partial charge is 0.488 e. The fourth-order valence-electron chi connectivity index (χ4n) is 5.65. The molecule has 10 nitrogen and oxygen atoms in total. The molecule has 4 aliphatic rings. The highest BCUT2D eigenvalue weighted by Crippen LogP contribution is 2.44. The quantitative estimate of drug-likeness (QED) is 0.329. The maximum atomic E-state index is 13.2. The summed E-state index contributed by atoms with van der Waals surface area (Å²) in [7, 11) is 0. The molecule has 3 N–H and O–H groups in total. The standard InChI is InChI=1S/C28H30Br2N4O6/c29-21-10-15(11-22(30)25(21)31)26(35)19-12-20(19)27(36)33-5-3-17(4-6-33)34-13-16-9-18(1-2-23(16)32-28(34)37)40-14-24-38-7-8-39-24/h1-2,9-11,17,19-20,24H,3-8,12-14,31H2,(H,32,37)/t19-,20-/m1/s1. The second kappa shape index (κ2) is 11.3. The number of anilines is 2. The molecule has 0 bridgehead atoms. The van der Waals surface area contributed by atoms with Crippen LogP contribution < -0.4 is 15.8 Å². The topological polar surface area (TPSA) is 123 Å². The van der Waals surface area contributed by atoms with Crippen LogP contribution in [-0.4, -0.2) is 72.8 Å². The van der Waals surface area contributed by atoms with Crippen LogP contribution in [0.5, 0.6) is 5.75 Å². The number of carbonyl (C=O) groups is 3. The molecule has 2 aromatic rings. The summed E-state index contributed by atoms with van der Waals surface area (Å²) >= 11 is 6.77. The number of benzene rings is 2. The number of nitrogens with one attached hydrogen (secondary N) is 1. The summed E-state index contributed by atoms with van der Waals surface area (Å²) in [5.41, 5.74) is 8.77. The summed E-state index contributed by atoms with van der Waals surface area (Å²) in [6.07, 6.45) is 1.58. The molecule has 3 aliphatic heterocycles. The van der Waals surface area contributed by atoms with E-state index in [9.17, 15) is 14.4 Å². The van der Waals surface area contributed by atoms with Crippen molar-refractivity contribution in [1.82, 2.24) is 9.80 Å². The number of fused-ring (bicyclic) bond motifs is 1. The number of rotatable bonds is 7. The molecule has 212 valence electrons. The number of hydrogen-bond donors (Lipinski definition) is 2. The number of ether oxygens (including phenoxy) is 3. The Morgan fingerprint density at radius 3 is 2.45 bits per heavy atom. The molecule has 2 atom stereocenters. The molecule has 2 saturated heterocycles. The SMILES string of the molecule is Nc1c(Br)cc(C(=O)[C@@H]2C[C@H]2C(=O)N2CCC(N3Cc4cc(OCC5OCCO5)ccc4NC3=O)CC2)cc1Br. The number of hydrogen-bond acceptors (Lipinski definition) is 7. The van der Waals surface area contributed by atoms with Crippen LogP contribution in [-0.2, 0) is 20.8 Å². The highest BCUT2D eigenvalue weighted by molar-refractivity contribution is 9.11. The van der Waals surface area contributed by atoms with Gasteiger partial charge in [0.1, 0.15) is 12.4 Å². The molecule has 40 heavy (non-hydrogen) atoms. The third-order valence-corrected chi connectivity index (χ3v) is 9.33. The molecular formula is C28H30Br2N4O6. The number of ketones is 1. The summed E-state index contributed by atoms with van der Waals surface area (Å²) in [4.78, 5) is 42.8. The summed E-state index contributed by atoms with van der Waals surface area (Å²) in [6.45, 7) is 3.04. The van der Waals surface area contributed by atoms with Gasteiger partial charge >= 0.3 is 6.03 Å². The number of nitrogen functional groups attached to an aromatic ring is 1. The Hall–Kier alpha value is -2.67. The number of nitrogens with two attached hydrogens (primary N) is 1. The fraction of sp³-hybridized carbons (Fsp3) is 0.464. The third kappa shape index (κ3) is 5.59. The van der Waals surface area contributed by atoms with Crippen LogP contribution in [0.25, 0.3) is 0 Å². The monoisotopic (exact) mass is 676 g/mol. The molecule has 3 amide bonds. The minimum absolute atomic E-state index is 0.0168. The van der Waals surface area contributed by atoms with Gasteiger partial charge in [0.15, 0.2) is 12.1 Å². The molecule has 12 heteroatoms. The number of urea groups is 1. The summed E-state index contributed by atoms with van der Waals surface area (Å²) in [5, 5.41) is 2.99. The molecule has 6 rings (SSSR count). The van der Waals surface area contributed by atoms with Gasteiger partial charge in [0, 0.05) is 57.7 Å². The maximum absolute atomic E-state index is 13.2. The van der Waals surface area contributed by atoms with Crippen molar-refractivity contribution in [3.8, 4) is 5.75 Å². The highest BCUT2D eigenvalue weighted by atomic mass is 79.9. The lowest BCUT2D eigenvalue weighted by Crippen LogP contribution is -2.51. The zero-order chi connectivity index (χ0) is 28.0. The molecule has 0 aromatic heterocycles. The van der Waals surface area contributed by atoms with Gasteiger partial charge < -0.3 is 35.1 Å². The first-order chi connectivity index (χ1) is 19.3. The smallest absolute Gasteiger partial charge is 0.322 e. The maximum Gasteiger partial charge on any atom is 0.322 e. The molecule has 1 aliphatic carbocycles. The lowest BCUT2D eigenvalue weighted by atomic mass is 10.00.